The number of hydrogen-bond acceptors (Lipinski definition) is 3. The highest BCUT2D eigenvalue weighted by Gasteiger charge is 2.35. The largest absolute Gasteiger partial charge is 0.399 e. The van der Waals surface area contributed by atoms with Crippen molar-refractivity contribution in [2.45, 2.75) is 51.2 Å². The highest BCUT2D eigenvalue weighted by Crippen LogP contribution is 2.36. The minimum Gasteiger partial charge on any atom is -0.399 e. The maximum atomic E-state index is 6.01. The van der Waals surface area contributed by atoms with Crippen LogP contribution in [0.2, 0.25) is 0 Å². The second kappa shape index (κ2) is 6.92. The monoisotopic (exact) mass is 263 g/mol. The molecule has 0 saturated carbocycles. The van der Waals surface area contributed by atoms with Crippen molar-refractivity contribution in [2.75, 3.05) is 18.9 Å². The number of hydrogen-bond donors (Lipinski definition) is 1. The molecule has 1 aliphatic heterocycles. The smallest absolute Gasteiger partial charge is 0.194 e. The zero-order valence-corrected chi connectivity index (χ0v) is 11.9. The molecule has 1 aromatic rings. The van der Waals surface area contributed by atoms with Crippen molar-refractivity contribution in [3.05, 3.63) is 29.8 Å². The Balaban J connectivity index is 2.07. The molecular weight excluding hydrogens is 238 g/mol. The minimum atomic E-state index is -0.542. The van der Waals surface area contributed by atoms with Gasteiger partial charge in [-0.2, -0.15) is 0 Å². The van der Waals surface area contributed by atoms with Crippen LogP contribution in [-0.2, 0) is 15.3 Å². The molecule has 3 nitrogen and oxygen atoms in total. The van der Waals surface area contributed by atoms with Crippen LogP contribution >= 0.6 is 0 Å². The van der Waals surface area contributed by atoms with Crippen LogP contribution in [-0.4, -0.2) is 13.2 Å². The van der Waals surface area contributed by atoms with Gasteiger partial charge in [0.15, 0.2) is 5.79 Å². The summed E-state index contributed by atoms with van der Waals surface area (Å²) >= 11 is 0. The summed E-state index contributed by atoms with van der Waals surface area (Å²) in [6.07, 6.45) is 6.80. The molecule has 0 unspecified atom stereocenters. The number of rotatable bonds is 6. The fraction of sp³-hybridized carbons (Fsp3) is 0.625. The van der Waals surface area contributed by atoms with Gasteiger partial charge < -0.3 is 15.2 Å². The van der Waals surface area contributed by atoms with Crippen molar-refractivity contribution < 1.29 is 9.47 Å². The van der Waals surface area contributed by atoms with Crippen molar-refractivity contribution in [1.82, 2.24) is 0 Å². The van der Waals surface area contributed by atoms with Gasteiger partial charge in [0.25, 0.3) is 0 Å². The molecule has 1 heterocycles. The molecular formula is C16H25NO2. The number of ether oxygens (including phenoxy) is 2. The molecule has 3 heteroatoms. The summed E-state index contributed by atoms with van der Waals surface area (Å²) in [4.78, 5) is 0. The zero-order valence-electron chi connectivity index (χ0n) is 11.9. The Morgan fingerprint density at radius 1 is 1.05 bits per heavy atom. The van der Waals surface area contributed by atoms with Gasteiger partial charge in [0.05, 0.1) is 13.2 Å². The van der Waals surface area contributed by atoms with E-state index in [2.05, 4.69) is 6.92 Å². The SMILES string of the molecule is CCCCCCC1(c2ccc(N)cc2)OCCCO1. The average Bonchev–Trinajstić information content (AvgIpc) is 2.45. The van der Waals surface area contributed by atoms with Gasteiger partial charge in [0, 0.05) is 17.7 Å². The maximum absolute atomic E-state index is 6.01. The molecule has 0 amide bonds. The predicted molar refractivity (Wildman–Crippen MR) is 77.8 cm³/mol. The van der Waals surface area contributed by atoms with Gasteiger partial charge in [-0.1, -0.05) is 38.3 Å². The van der Waals surface area contributed by atoms with Gasteiger partial charge in [0.2, 0.25) is 0 Å². The van der Waals surface area contributed by atoms with Crippen LogP contribution in [0.3, 0.4) is 0 Å². The molecule has 19 heavy (non-hydrogen) atoms. The molecule has 106 valence electrons. The van der Waals surface area contributed by atoms with E-state index in [9.17, 15) is 0 Å². The molecule has 0 atom stereocenters. The highest BCUT2D eigenvalue weighted by atomic mass is 16.7. The first-order valence-electron chi connectivity index (χ1n) is 7.41. The van der Waals surface area contributed by atoms with E-state index in [0.717, 1.165) is 43.7 Å². The Hall–Kier alpha value is -1.06. The molecule has 1 aromatic carbocycles. The second-order valence-corrected chi connectivity index (χ2v) is 5.24. The first kappa shape index (κ1) is 14.4. The molecule has 0 aliphatic carbocycles. The lowest BCUT2D eigenvalue weighted by Crippen LogP contribution is -2.38. The van der Waals surface area contributed by atoms with Crippen LogP contribution in [0.25, 0.3) is 0 Å². The van der Waals surface area contributed by atoms with Crippen LogP contribution < -0.4 is 5.73 Å². The molecule has 2 rings (SSSR count). The molecule has 2 N–H and O–H groups in total. The third-order valence-electron chi connectivity index (χ3n) is 3.67. The first-order valence-corrected chi connectivity index (χ1v) is 7.41. The van der Waals surface area contributed by atoms with Crippen molar-refractivity contribution in [3.63, 3.8) is 0 Å². The summed E-state index contributed by atoms with van der Waals surface area (Å²) in [5.74, 6) is -0.542. The summed E-state index contributed by atoms with van der Waals surface area (Å²) in [6, 6.07) is 7.90. The summed E-state index contributed by atoms with van der Waals surface area (Å²) in [7, 11) is 0. The van der Waals surface area contributed by atoms with Gasteiger partial charge >= 0.3 is 0 Å². The Kier molecular flexibility index (Phi) is 5.23. The van der Waals surface area contributed by atoms with Crippen LogP contribution in [0.4, 0.5) is 5.69 Å². The molecule has 0 aromatic heterocycles. The number of unbranched alkanes of at least 4 members (excludes halogenated alkanes) is 3. The third kappa shape index (κ3) is 3.71. The lowest BCUT2D eigenvalue weighted by atomic mass is 9.97. The van der Waals surface area contributed by atoms with Gasteiger partial charge in [0.1, 0.15) is 0 Å². The quantitative estimate of drug-likeness (QED) is 0.626. The van der Waals surface area contributed by atoms with Crippen molar-refractivity contribution in [3.8, 4) is 0 Å². The Morgan fingerprint density at radius 3 is 2.37 bits per heavy atom. The summed E-state index contributed by atoms with van der Waals surface area (Å²) in [6.45, 7) is 3.78. The topological polar surface area (TPSA) is 44.5 Å². The second-order valence-electron chi connectivity index (χ2n) is 5.24. The Labute approximate surface area is 116 Å². The molecule has 1 fully saturated rings. The number of nitrogens with two attached hydrogens (primary N) is 1. The molecule has 0 radical (unpaired) electrons. The van der Waals surface area contributed by atoms with Crippen molar-refractivity contribution in [1.29, 1.82) is 0 Å². The highest BCUT2D eigenvalue weighted by molar-refractivity contribution is 5.40. The molecule has 1 aliphatic rings. The van der Waals surface area contributed by atoms with Gasteiger partial charge in [-0.05, 0) is 25.0 Å². The van der Waals surface area contributed by atoms with E-state index in [-0.39, 0.29) is 0 Å². The Morgan fingerprint density at radius 2 is 1.74 bits per heavy atom. The lowest BCUT2D eigenvalue weighted by molar-refractivity contribution is -0.280. The van der Waals surface area contributed by atoms with Crippen molar-refractivity contribution >= 4 is 5.69 Å². The van der Waals surface area contributed by atoms with Gasteiger partial charge in [-0.3, -0.25) is 0 Å². The van der Waals surface area contributed by atoms with E-state index in [4.69, 9.17) is 15.2 Å². The Bertz CT molecular complexity index is 369. The van der Waals surface area contributed by atoms with Crippen LogP contribution in [0, 0.1) is 0 Å². The van der Waals surface area contributed by atoms with E-state index < -0.39 is 5.79 Å². The lowest BCUT2D eigenvalue weighted by Gasteiger charge is -2.37. The number of nitrogen functional groups attached to an aromatic ring is 1. The number of anilines is 1. The minimum absolute atomic E-state index is 0.542. The van der Waals surface area contributed by atoms with E-state index in [1.807, 2.05) is 24.3 Å². The fourth-order valence-corrected chi connectivity index (χ4v) is 2.55. The average molecular weight is 263 g/mol. The maximum Gasteiger partial charge on any atom is 0.194 e. The third-order valence-corrected chi connectivity index (χ3v) is 3.67. The molecule has 0 bridgehead atoms. The standard InChI is InChI=1S/C16H25NO2/c1-2-3-4-5-11-16(18-12-6-13-19-16)14-7-9-15(17)10-8-14/h7-10H,2-6,11-13,17H2,1H3. The zero-order chi connectivity index (χ0) is 13.6. The summed E-state index contributed by atoms with van der Waals surface area (Å²) in [5.41, 5.74) is 7.63. The van der Waals surface area contributed by atoms with Gasteiger partial charge in [-0.25, -0.2) is 0 Å². The van der Waals surface area contributed by atoms with Crippen LogP contribution in [0.5, 0.6) is 0 Å². The van der Waals surface area contributed by atoms with Crippen LogP contribution in [0.1, 0.15) is 51.0 Å². The van der Waals surface area contributed by atoms with E-state index in [1.165, 1.54) is 19.3 Å². The fourth-order valence-electron chi connectivity index (χ4n) is 2.55. The molecule has 0 spiro atoms. The van der Waals surface area contributed by atoms with Crippen molar-refractivity contribution in [2.24, 2.45) is 0 Å². The van der Waals surface area contributed by atoms with Gasteiger partial charge in [-0.15, -0.1) is 0 Å². The molecule has 1 saturated heterocycles. The van der Waals surface area contributed by atoms with E-state index >= 15 is 0 Å². The van der Waals surface area contributed by atoms with E-state index in [1.54, 1.807) is 0 Å². The number of benzene rings is 1. The van der Waals surface area contributed by atoms with Crippen LogP contribution in [0.15, 0.2) is 24.3 Å². The van der Waals surface area contributed by atoms with E-state index in [0.29, 0.717) is 0 Å². The summed E-state index contributed by atoms with van der Waals surface area (Å²) in [5, 5.41) is 0. The normalized spacial score (nSPS) is 18.4. The first-order chi connectivity index (χ1) is 9.27. The summed E-state index contributed by atoms with van der Waals surface area (Å²) < 4.78 is 12.0. The predicted octanol–water partition coefficient (Wildman–Crippen LogP) is 3.83.